The van der Waals surface area contributed by atoms with Crippen molar-refractivity contribution in [1.29, 1.82) is 0 Å². The molecule has 1 fully saturated rings. The highest BCUT2D eigenvalue weighted by Gasteiger charge is 2.27. The molecule has 0 amide bonds. The second-order valence-corrected chi connectivity index (χ2v) is 5.09. The van der Waals surface area contributed by atoms with Crippen molar-refractivity contribution < 1.29 is 0 Å². The second kappa shape index (κ2) is 5.49. The topological polar surface area (TPSA) is 12.0 Å². The molecule has 1 saturated carbocycles. The van der Waals surface area contributed by atoms with Crippen LogP contribution in [-0.4, -0.2) is 6.54 Å². The van der Waals surface area contributed by atoms with Gasteiger partial charge in [0.05, 0.1) is 0 Å². The van der Waals surface area contributed by atoms with E-state index < -0.39 is 0 Å². The number of hydrogen-bond donors (Lipinski definition) is 1. The van der Waals surface area contributed by atoms with Crippen molar-refractivity contribution in [2.75, 3.05) is 6.54 Å². The minimum Gasteiger partial charge on any atom is -0.310 e. The summed E-state index contributed by atoms with van der Waals surface area (Å²) in [6, 6.07) is 11.3. The van der Waals surface area contributed by atoms with Gasteiger partial charge in [-0.1, -0.05) is 44.2 Å². The maximum Gasteiger partial charge on any atom is 0.0317 e. The summed E-state index contributed by atoms with van der Waals surface area (Å²) in [7, 11) is 0. The Morgan fingerprint density at radius 3 is 2.50 bits per heavy atom. The minimum absolute atomic E-state index is 0.530. The Labute approximate surface area is 99.3 Å². The molecule has 2 rings (SSSR count). The molecule has 0 heterocycles. The normalized spacial score (nSPS) is 19.4. The van der Waals surface area contributed by atoms with Crippen LogP contribution < -0.4 is 5.32 Å². The molecule has 88 valence electrons. The van der Waals surface area contributed by atoms with Crippen LogP contribution >= 0.6 is 0 Å². The maximum atomic E-state index is 3.71. The molecule has 2 atom stereocenters. The van der Waals surface area contributed by atoms with Crippen molar-refractivity contribution in [3.8, 4) is 0 Å². The number of hydrogen-bond acceptors (Lipinski definition) is 1. The number of nitrogens with one attached hydrogen (secondary N) is 1. The van der Waals surface area contributed by atoms with Gasteiger partial charge in [0.1, 0.15) is 0 Å². The van der Waals surface area contributed by atoms with Gasteiger partial charge in [-0.3, -0.25) is 0 Å². The lowest BCUT2D eigenvalue weighted by Gasteiger charge is -2.20. The van der Waals surface area contributed by atoms with Gasteiger partial charge >= 0.3 is 0 Å². The predicted molar refractivity (Wildman–Crippen MR) is 69.4 cm³/mol. The molecule has 1 aromatic carbocycles. The van der Waals surface area contributed by atoms with Crippen LogP contribution in [0.4, 0.5) is 0 Å². The van der Waals surface area contributed by atoms with E-state index >= 15 is 0 Å². The van der Waals surface area contributed by atoms with Gasteiger partial charge in [-0.05, 0) is 43.2 Å². The molecule has 1 aliphatic rings. The first kappa shape index (κ1) is 11.7. The lowest BCUT2D eigenvalue weighted by molar-refractivity contribution is 0.414. The standard InChI is InChI=1S/C15H23N/c1-3-15(14-7-5-4-6-8-14)16-11-12(2)13-9-10-13/h4-8,12-13,15-16H,3,9-11H2,1-2H3. The van der Waals surface area contributed by atoms with E-state index in [9.17, 15) is 0 Å². The van der Waals surface area contributed by atoms with Gasteiger partial charge in [-0.15, -0.1) is 0 Å². The van der Waals surface area contributed by atoms with Gasteiger partial charge in [-0.2, -0.15) is 0 Å². The van der Waals surface area contributed by atoms with Crippen LogP contribution in [0.25, 0.3) is 0 Å². The summed E-state index contributed by atoms with van der Waals surface area (Å²) < 4.78 is 0. The van der Waals surface area contributed by atoms with Gasteiger partial charge in [-0.25, -0.2) is 0 Å². The fourth-order valence-electron chi connectivity index (χ4n) is 2.34. The van der Waals surface area contributed by atoms with Gasteiger partial charge in [0.25, 0.3) is 0 Å². The van der Waals surface area contributed by atoms with Gasteiger partial charge in [0.2, 0.25) is 0 Å². The average molecular weight is 217 g/mol. The van der Waals surface area contributed by atoms with Crippen molar-refractivity contribution in [3.05, 3.63) is 35.9 Å². The summed E-state index contributed by atoms with van der Waals surface area (Å²) in [6.07, 6.45) is 4.07. The van der Waals surface area contributed by atoms with E-state index in [1.807, 2.05) is 0 Å². The van der Waals surface area contributed by atoms with Crippen molar-refractivity contribution in [2.24, 2.45) is 11.8 Å². The molecule has 0 radical (unpaired) electrons. The largest absolute Gasteiger partial charge is 0.310 e. The maximum absolute atomic E-state index is 3.71. The Kier molecular flexibility index (Phi) is 4.00. The smallest absolute Gasteiger partial charge is 0.0317 e. The van der Waals surface area contributed by atoms with E-state index in [-0.39, 0.29) is 0 Å². The van der Waals surface area contributed by atoms with Crippen LogP contribution in [0, 0.1) is 11.8 Å². The number of benzene rings is 1. The zero-order valence-electron chi connectivity index (χ0n) is 10.4. The summed E-state index contributed by atoms with van der Waals surface area (Å²) in [6.45, 7) is 5.80. The van der Waals surface area contributed by atoms with E-state index in [1.54, 1.807) is 0 Å². The predicted octanol–water partition coefficient (Wildman–Crippen LogP) is 3.77. The Balaban J connectivity index is 1.85. The van der Waals surface area contributed by atoms with Gasteiger partial charge in [0, 0.05) is 6.04 Å². The van der Waals surface area contributed by atoms with Crippen molar-refractivity contribution in [1.82, 2.24) is 5.32 Å². The van der Waals surface area contributed by atoms with E-state index in [4.69, 9.17) is 0 Å². The molecular weight excluding hydrogens is 194 g/mol. The Morgan fingerprint density at radius 1 is 1.25 bits per heavy atom. The Morgan fingerprint density at radius 2 is 1.94 bits per heavy atom. The molecular formula is C15H23N. The lowest BCUT2D eigenvalue weighted by Crippen LogP contribution is -2.26. The fourth-order valence-corrected chi connectivity index (χ4v) is 2.34. The third-order valence-electron chi connectivity index (χ3n) is 3.72. The summed E-state index contributed by atoms with van der Waals surface area (Å²) in [4.78, 5) is 0. The first-order valence-corrected chi connectivity index (χ1v) is 6.59. The van der Waals surface area contributed by atoms with E-state index in [2.05, 4.69) is 49.5 Å². The molecule has 1 nitrogen and oxygen atoms in total. The molecule has 0 aromatic heterocycles. The van der Waals surface area contributed by atoms with Crippen molar-refractivity contribution >= 4 is 0 Å². The molecule has 0 bridgehead atoms. The molecule has 1 N–H and O–H groups in total. The highest BCUT2D eigenvalue weighted by atomic mass is 14.9. The zero-order chi connectivity index (χ0) is 11.4. The first-order valence-electron chi connectivity index (χ1n) is 6.59. The molecule has 1 aliphatic carbocycles. The lowest BCUT2D eigenvalue weighted by atomic mass is 10.0. The average Bonchev–Trinajstić information content (AvgIpc) is 3.15. The van der Waals surface area contributed by atoms with Crippen LogP contribution in [0.2, 0.25) is 0 Å². The molecule has 1 heteroatoms. The Bertz CT molecular complexity index is 302. The van der Waals surface area contributed by atoms with Crippen LogP contribution in [0.1, 0.15) is 44.7 Å². The van der Waals surface area contributed by atoms with Crippen LogP contribution in [0.15, 0.2) is 30.3 Å². The number of rotatable bonds is 6. The van der Waals surface area contributed by atoms with E-state index in [1.165, 1.54) is 24.8 Å². The fraction of sp³-hybridized carbons (Fsp3) is 0.600. The zero-order valence-corrected chi connectivity index (χ0v) is 10.4. The van der Waals surface area contributed by atoms with E-state index in [0.717, 1.165) is 18.4 Å². The molecule has 0 saturated heterocycles. The van der Waals surface area contributed by atoms with Gasteiger partial charge in [0.15, 0.2) is 0 Å². The second-order valence-electron chi connectivity index (χ2n) is 5.09. The monoisotopic (exact) mass is 217 g/mol. The highest BCUT2D eigenvalue weighted by Crippen LogP contribution is 2.36. The molecule has 0 aliphatic heterocycles. The van der Waals surface area contributed by atoms with Crippen LogP contribution in [0.5, 0.6) is 0 Å². The quantitative estimate of drug-likeness (QED) is 0.764. The third kappa shape index (κ3) is 3.08. The molecule has 2 unspecified atom stereocenters. The summed E-state index contributed by atoms with van der Waals surface area (Å²) in [5.74, 6) is 1.85. The third-order valence-corrected chi connectivity index (χ3v) is 3.72. The highest BCUT2D eigenvalue weighted by molar-refractivity contribution is 5.18. The first-order chi connectivity index (χ1) is 7.81. The molecule has 16 heavy (non-hydrogen) atoms. The SMILES string of the molecule is CCC(NCC(C)C1CC1)c1ccccc1. The summed E-state index contributed by atoms with van der Waals surface area (Å²) >= 11 is 0. The summed E-state index contributed by atoms with van der Waals surface area (Å²) in [5, 5.41) is 3.71. The van der Waals surface area contributed by atoms with E-state index in [0.29, 0.717) is 6.04 Å². The molecule has 1 aromatic rings. The summed E-state index contributed by atoms with van der Waals surface area (Å²) in [5.41, 5.74) is 1.42. The minimum atomic E-state index is 0.530. The van der Waals surface area contributed by atoms with Crippen molar-refractivity contribution in [3.63, 3.8) is 0 Å². The van der Waals surface area contributed by atoms with Gasteiger partial charge < -0.3 is 5.32 Å². The van der Waals surface area contributed by atoms with Crippen molar-refractivity contribution in [2.45, 2.75) is 39.2 Å². The van der Waals surface area contributed by atoms with Crippen LogP contribution in [-0.2, 0) is 0 Å². The van der Waals surface area contributed by atoms with Crippen LogP contribution in [0.3, 0.4) is 0 Å². The molecule has 0 spiro atoms. The Hall–Kier alpha value is -0.820.